The molecule has 0 radical (unpaired) electrons. The van der Waals surface area contributed by atoms with Gasteiger partial charge >= 0.3 is 0 Å². The van der Waals surface area contributed by atoms with Gasteiger partial charge in [-0.15, -0.1) is 0 Å². The highest BCUT2D eigenvalue weighted by molar-refractivity contribution is 5.79. The van der Waals surface area contributed by atoms with Gasteiger partial charge in [-0.2, -0.15) is 0 Å². The molecular formula is C21H32N2O4. The summed E-state index contributed by atoms with van der Waals surface area (Å²) in [7, 11) is 0. The second kappa shape index (κ2) is 11.6. The molecule has 1 saturated carbocycles. The zero-order valence-electron chi connectivity index (χ0n) is 16.4. The van der Waals surface area contributed by atoms with Crippen LogP contribution in [0, 0.1) is 5.92 Å². The first kappa shape index (κ1) is 21.2. The van der Waals surface area contributed by atoms with E-state index in [0.717, 1.165) is 25.0 Å². The molecule has 0 aromatic heterocycles. The third-order valence-electron chi connectivity index (χ3n) is 4.78. The lowest BCUT2D eigenvalue weighted by Crippen LogP contribution is -2.50. The molecule has 0 aliphatic heterocycles. The molecule has 2 rings (SSSR count). The number of amides is 2. The van der Waals surface area contributed by atoms with Crippen molar-refractivity contribution >= 4 is 11.8 Å². The van der Waals surface area contributed by atoms with Crippen LogP contribution in [0.5, 0.6) is 5.75 Å². The predicted octanol–water partition coefficient (Wildman–Crippen LogP) is 2.67. The number of benzene rings is 1. The number of para-hydroxylation sites is 1. The highest BCUT2D eigenvalue weighted by Crippen LogP contribution is 2.27. The molecule has 0 saturated heterocycles. The lowest BCUT2D eigenvalue weighted by molar-refractivity contribution is -0.129. The van der Waals surface area contributed by atoms with Crippen molar-refractivity contribution in [1.82, 2.24) is 10.6 Å². The lowest BCUT2D eigenvalue weighted by Gasteiger charge is -2.35. The number of ether oxygens (including phenoxy) is 2. The molecule has 2 amide bonds. The minimum Gasteiger partial charge on any atom is -0.492 e. The van der Waals surface area contributed by atoms with Crippen molar-refractivity contribution < 1.29 is 19.1 Å². The fourth-order valence-electron chi connectivity index (χ4n) is 3.30. The van der Waals surface area contributed by atoms with Crippen molar-refractivity contribution in [3.8, 4) is 5.75 Å². The Morgan fingerprint density at radius 1 is 1.11 bits per heavy atom. The third kappa shape index (κ3) is 7.21. The molecule has 1 fully saturated rings. The van der Waals surface area contributed by atoms with E-state index in [1.165, 1.54) is 0 Å². The molecule has 1 aromatic rings. The van der Waals surface area contributed by atoms with E-state index < -0.39 is 0 Å². The van der Waals surface area contributed by atoms with Gasteiger partial charge in [0.05, 0.1) is 18.7 Å². The van der Waals surface area contributed by atoms with Crippen LogP contribution in [0.4, 0.5) is 0 Å². The van der Waals surface area contributed by atoms with Gasteiger partial charge in [0.1, 0.15) is 12.4 Å². The van der Waals surface area contributed by atoms with Gasteiger partial charge in [-0.1, -0.05) is 32.0 Å². The molecule has 0 spiro atoms. The van der Waals surface area contributed by atoms with Crippen LogP contribution in [-0.2, 0) is 14.3 Å². The van der Waals surface area contributed by atoms with Gasteiger partial charge in [-0.05, 0) is 37.8 Å². The van der Waals surface area contributed by atoms with E-state index in [9.17, 15) is 9.59 Å². The zero-order chi connectivity index (χ0) is 19.5. The van der Waals surface area contributed by atoms with E-state index in [2.05, 4.69) is 17.6 Å². The van der Waals surface area contributed by atoms with Crippen molar-refractivity contribution in [3.05, 3.63) is 30.3 Å². The van der Waals surface area contributed by atoms with Gasteiger partial charge in [0.2, 0.25) is 11.8 Å². The van der Waals surface area contributed by atoms with Crippen molar-refractivity contribution in [2.45, 2.75) is 58.1 Å². The third-order valence-corrected chi connectivity index (χ3v) is 4.78. The van der Waals surface area contributed by atoms with Gasteiger partial charge in [-0.25, -0.2) is 0 Å². The number of carbonyl (C=O) groups excluding carboxylic acids is 2. The van der Waals surface area contributed by atoms with E-state index in [0.29, 0.717) is 32.6 Å². The summed E-state index contributed by atoms with van der Waals surface area (Å²) in [5, 5.41) is 6.00. The second-order valence-corrected chi connectivity index (χ2v) is 6.90. The fourth-order valence-corrected chi connectivity index (χ4v) is 3.30. The maximum Gasteiger partial charge on any atom is 0.223 e. The Labute approximate surface area is 162 Å². The van der Waals surface area contributed by atoms with Gasteiger partial charge in [-0.3, -0.25) is 9.59 Å². The van der Waals surface area contributed by atoms with Crippen LogP contribution >= 0.6 is 0 Å². The Hall–Kier alpha value is -2.08. The largest absolute Gasteiger partial charge is 0.492 e. The average Bonchev–Trinajstić information content (AvgIpc) is 2.70. The van der Waals surface area contributed by atoms with Gasteiger partial charge in [0, 0.05) is 18.9 Å². The number of carbonyl (C=O) groups is 2. The number of hydrogen-bond donors (Lipinski definition) is 2. The SMILES string of the molecule is CCCO[C@H]1C[C@@H](C(=O)NCCOc2ccccc2)CC[C@@H]1NC(=O)CC. The van der Waals surface area contributed by atoms with Crippen LogP contribution in [0.1, 0.15) is 46.0 Å². The topological polar surface area (TPSA) is 76.7 Å². The molecule has 0 bridgehead atoms. The first-order valence-corrected chi connectivity index (χ1v) is 10.0. The molecule has 27 heavy (non-hydrogen) atoms. The van der Waals surface area contributed by atoms with Crippen LogP contribution in [0.15, 0.2) is 30.3 Å². The number of rotatable bonds is 10. The van der Waals surface area contributed by atoms with Crippen molar-refractivity contribution in [1.29, 1.82) is 0 Å². The molecular weight excluding hydrogens is 344 g/mol. The molecule has 0 heterocycles. The fraction of sp³-hybridized carbons (Fsp3) is 0.619. The van der Waals surface area contributed by atoms with E-state index >= 15 is 0 Å². The number of nitrogens with one attached hydrogen (secondary N) is 2. The Kier molecular flexibility index (Phi) is 9.11. The van der Waals surface area contributed by atoms with Crippen LogP contribution in [0.2, 0.25) is 0 Å². The minimum absolute atomic E-state index is 0.00513. The molecule has 6 heteroatoms. The van der Waals surface area contributed by atoms with Crippen molar-refractivity contribution in [3.63, 3.8) is 0 Å². The predicted molar refractivity (Wildman–Crippen MR) is 105 cm³/mol. The van der Waals surface area contributed by atoms with E-state index in [-0.39, 0.29) is 29.9 Å². The van der Waals surface area contributed by atoms with E-state index in [1.807, 2.05) is 37.3 Å². The molecule has 1 aromatic carbocycles. The van der Waals surface area contributed by atoms with Crippen LogP contribution in [-0.4, -0.2) is 43.7 Å². The molecule has 6 nitrogen and oxygen atoms in total. The molecule has 1 aliphatic carbocycles. The summed E-state index contributed by atoms with van der Waals surface area (Å²) in [6.07, 6.45) is 3.43. The Balaban J connectivity index is 1.77. The first-order valence-electron chi connectivity index (χ1n) is 10.0. The minimum atomic E-state index is -0.106. The zero-order valence-corrected chi connectivity index (χ0v) is 16.4. The highest BCUT2D eigenvalue weighted by atomic mass is 16.5. The standard InChI is InChI=1S/C21H32N2O4/c1-3-13-27-19-15-16(10-11-18(19)23-20(24)4-2)21(25)22-12-14-26-17-8-6-5-7-9-17/h5-9,16,18-19H,3-4,10-15H2,1-2H3,(H,22,25)(H,23,24)/t16-,18-,19-/m0/s1. The second-order valence-electron chi connectivity index (χ2n) is 6.90. The van der Waals surface area contributed by atoms with Crippen LogP contribution in [0.3, 0.4) is 0 Å². The van der Waals surface area contributed by atoms with Crippen molar-refractivity contribution in [2.75, 3.05) is 19.8 Å². The smallest absolute Gasteiger partial charge is 0.223 e. The molecule has 0 unspecified atom stereocenters. The van der Waals surface area contributed by atoms with E-state index in [1.54, 1.807) is 0 Å². The molecule has 150 valence electrons. The normalized spacial score (nSPS) is 22.1. The lowest BCUT2D eigenvalue weighted by atomic mass is 9.83. The van der Waals surface area contributed by atoms with Gasteiger partial charge in [0.15, 0.2) is 0 Å². The average molecular weight is 376 g/mol. The summed E-state index contributed by atoms with van der Waals surface area (Å²) >= 11 is 0. The summed E-state index contributed by atoms with van der Waals surface area (Å²) in [6.45, 7) is 5.45. The quantitative estimate of drug-likeness (QED) is 0.616. The highest BCUT2D eigenvalue weighted by Gasteiger charge is 2.35. The first-order chi connectivity index (χ1) is 13.1. The van der Waals surface area contributed by atoms with Crippen LogP contribution in [0.25, 0.3) is 0 Å². The maximum absolute atomic E-state index is 12.5. The van der Waals surface area contributed by atoms with Gasteiger partial charge < -0.3 is 20.1 Å². The summed E-state index contributed by atoms with van der Waals surface area (Å²) in [4.78, 5) is 24.3. The summed E-state index contributed by atoms with van der Waals surface area (Å²) < 4.78 is 11.5. The molecule has 3 atom stereocenters. The van der Waals surface area contributed by atoms with Gasteiger partial charge in [0.25, 0.3) is 0 Å². The van der Waals surface area contributed by atoms with Crippen LogP contribution < -0.4 is 15.4 Å². The maximum atomic E-state index is 12.5. The Bertz CT molecular complexity index is 579. The number of hydrogen-bond acceptors (Lipinski definition) is 4. The molecule has 2 N–H and O–H groups in total. The van der Waals surface area contributed by atoms with Crippen molar-refractivity contribution in [2.24, 2.45) is 5.92 Å². The summed E-state index contributed by atoms with van der Waals surface area (Å²) in [5.74, 6) is 0.786. The summed E-state index contributed by atoms with van der Waals surface area (Å²) in [5.41, 5.74) is 0. The molecule has 1 aliphatic rings. The Morgan fingerprint density at radius 2 is 1.89 bits per heavy atom. The Morgan fingerprint density at radius 3 is 2.59 bits per heavy atom. The van der Waals surface area contributed by atoms with E-state index in [4.69, 9.17) is 9.47 Å². The summed E-state index contributed by atoms with van der Waals surface area (Å²) in [6, 6.07) is 9.55. The monoisotopic (exact) mass is 376 g/mol.